The first-order valence-electron chi connectivity index (χ1n) is 15.7. The maximum Gasteiger partial charge on any atom is 0.330 e. The molecule has 7 heteroatoms. The van der Waals surface area contributed by atoms with Crippen LogP contribution in [0.15, 0.2) is 133 Å². The van der Waals surface area contributed by atoms with Crippen LogP contribution in [0.2, 0.25) is 0 Å². The molecule has 1 heterocycles. The van der Waals surface area contributed by atoms with Gasteiger partial charge in [0.1, 0.15) is 24.4 Å². The molecular weight excluding hydrogens is 580 g/mol. The van der Waals surface area contributed by atoms with Crippen LogP contribution in [0, 0.1) is 0 Å². The Balaban J connectivity index is 1.44. The van der Waals surface area contributed by atoms with Crippen LogP contribution in [0.1, 0.15) is 28.7 Å². The second kappa shape index (κ2) is 18.1. The van der Waals surface area contributed by atoms with Gasteiger partial charge in [-0.05, 0) is 28.7 Å². The molecule has 5 rings (SSSR count). The smallest absolute Gasteiger partial charge is 0.330 e. The van der Waals surface area contributed by atoms with E-state index in [1.807, 2.05) is 121 Å². The Morgan fingerprint density at radius 1 is 0.587 bits per heavy atom. The van der Waals surface area contributed by atoms with E-state index < -0.39 is 36.5 Å². The second-order valence-electron chi connectivity index (χ2n) is 11.2. The van der Waals surface area contributed by atoms with E-state index in [1.54, 1.807) is 6.08 Å². The summed E-state index contributed by atoms with van der Waals surface area (Å²) in [6.45, 7) is 1.81. The van der Waals surface area contributed by atoms with Crippen molar-refractivity contribution in [3.63, 3.8) is 0 Å². The average Bonchev–Trinajstić information content (AvgIpc) is 3.11. The van der Waals surface area contributed by atoms with Crippen LogP contribution in [0.3, 0.4) is 0 Å². The molecule has 0 amide bonds. The first-order chi connectivity index (χ1) is 22.7. The summed E-state index contributed by atoms with van der Waals surface area (Å²) in [5.41, 5.74) is 4.18. The molecule has 0 aromatic heterocycles. The van der Waals surface area contributed by atoms with Crippen LogP contribution in [0.5, 0.6) is 0 Å². The SMILES string of the molecule is COC(=O)/C=C/C[C@H]1O[C@H](COCc2ccccc2)[C@@H](OCc2ccccc2)[C@H](OCc2ccccc2)[C@H]1OCc1ccccc1. The highest BCUT2D eigenvalue weighted by Gasteiger charge is 2.48. The quantitative estimate of drug-likeness (QED) is 0.100. The van der Waals surface area contributed by atoms with Gasteiger partial charge in [-0.25, -0.2) is 4.79 Å². The summed E-state index contributed by atoms with van der Waals surface area (Å²) in [4.78, 5) is 11.9. The number of ether oxygens (including phenoxy) is 6. The number of rotatable bonds is 16. The maximum atomic E-state index is 11.9. The predicted octanol–water partition coefficient (Wildman–Crippen LogP) is 6.85. The Morgan fingerprint density at radius 2 is 1.00 bits per heavy atom. The second-order valence-corrected chi connectivity index (χ2v) is 11.2. The molecule has 4 aromatic rings. The first-order valence-corrected chi connectivity index (χ1v) is 15.7. The van der Waals surface area contributed by atoms with Crippen molar-refractivity contribution in [2.45, 2.75) is 63.4 Å². The normalized spacial score (nSPS) is 21.3. The first kappa shape index (κ1) is 33.3. The molecule has 1 saturated heterocycles. The van der Waals surface area contributed by atoms with Crippen molar-refractivity contribution >= 4 is 5.97 Å². The summed E-state index contributed by atoms with van der Waals surface area (Å²) in [7, 11) is 1.36. The highest BCUT2D eigenvalue weighted by atomic mass is 16.6. The minimum Gasteiger partial charge on any atom is -0.466 e. The molecule has 7 nitrogen and oxygen atoms in total. The van der Waals surface area contributed by atoms with Gasteiger partial charge in [-0.15, -0.1) is 0 Å². The molecule has 0 N–H and O–H groups in total. The number of esters is 1. The van der Waals surface area contributed by atoms with E-state index in [1.165, 1.54) is 13.2 Å². The Bertz CT molecular complexity index is 1450. The van der Waals surface area contributed by atoms with E-state index in [0.717, 1.165) is 22.3 Å². The minimum atomic E-state index is -0.516. The fraction of sp³-hybridized carbons (Fsp3) is 0.308. The van der Waals surface area contributed by atoms with Gasteiger partial charge in [-0.3, -0.25) is 0 Å². The molecule has 0 aliphatic carbocycles. The lowest BCUT2D eigenvalue weighted by Gasteiger charge is -2.46. The van der Waals surface area contributed by atoms with Crippen molar-refractivity contribution in [2.24, 2.45) is 0 Å². The van der Waals surface area contributed by atoms with Crippen molar-refractivity contribution in [3.05, 3.63) is 156 Å². The molecule has 240 valence electrons. The summed E-state index contributed by atoms with van der Waals surface area (Å²) in [6.07, 6.45) is 1.11. The standard InChI is InChI=1S/C39H42O7/c1-41-36(40)24-14-23-34-37(43-26-31-17-8-3-9-18-31)39(45-28-33-21-12-5-13-22-33)38(44-27-32-19-10-4-11-20-32)35(46-34)29-42-25-30-15-6-2-7-16-30/h2-22,24,34-35,37-39H,23,25-29H2,1H3/b24-14+/t34-,35-,37+,38-,39-/m1/s1. The lowest BCUT2D eigenvalue weighted by molar-refractivity contribution is -0.271. The molecule has 46 heavy (non-hydrogen) atoms. The Morgan fingerprint density at radius 3 is 1.46 bits per heavy atom. The van der Waals surface area contributed by atoms with Gasteiger partial charge in [0.2, 0.25) is 0 Å². The number of carbonyl (C=O) groups excluding carboxylic acids is 1. The Labute approximate surface area is 271 Å². The van der Waals surface area contributed by atoms with Crippen LogP contribution < -0.4 is 0 Å². The van der Waals surface area contributed by atoms with E-state index in [0.29, 0.717) is 32.8 Å². The van der Waals surface area contributed by atoms with E-state index in [9.17, 15) is 4.79 Å². The number of hydrogen-bond acceptors (Lipinski definition) is 7. The van der Waals surface area contributed by atoms with Gasteiger partial charge < -0.3 is 28.4 Å². The van der Waals surface area contributed by atoms with Crippen LogP contribution >= 0.6 is 0 Å². The molecule has 1 aliphatic heterocycles. The largest absolute Gasteiger partial charge is 0.466 e. The van der Waals surface area contributed by atoms with E-state index in [-0.39, 0.29) is 6.61 Å². The molecule has 0 unspecified atom stereocenters. The number of hydrogen-bond donors (Lipinski definition) is 0. The predicted molar refractivity (Wildman–Crippen MR) is 176 cm³/mol. The molecule has 0 saturated carbocycles. The van der Waals surface area contributed by atoms with Crippen molar-refractivity contribution in [3.8, 4) is 0 Å². The average molecular weight is 623 g/mol. The zero-order chi connectivity index (χ0) is 31.8. The summed E-state index contributed by atoms with van der Waals surface area (Å²) in [6, 6.07) is 40.1. The molecular formula is C39H42O7. The lowest BCUT2D eigenvalue weighted by atomic mass is 9.92. The van der Waals surface area contributed by atoms with Gasteiger partial charge in [-0.2, -0.15) is 0 Å². The molecule has 1 fully saturated rings. The van der Waals surface area contributed by atoms with E-state index in [4.69, 9.17) is 28.4 Å². The van der Waals surface area contributed by atoms with Gasteiger partial charge >= 0.3 is 5.97 Å². The van der Waals surface area contributed by atoms with Crippen molar-refractivity contribution in [1.82, 2.24) is 0 Å². The van der Waals surface area contributed by atoms with Gasteiger partial charge in [0.05, 0.1) is 46.2 Å². The Hall–Kier alpha value is -4.11. The Kier molecular flexibility index (Phi) is 13.1. The monoisotopic (exact) mass is 622 g/mol. The third-order valence-electron chi connectivity index (χ3n) is 7.80. The van der Waals surface area contributed by atoms with Crippen LogP contribution in [-0.2, 0) is 59.6 Å². The van der Waals surface area contributed by atoms with Gasteiger partial charge in [-0.1, -0.05) is 127 Å². The molecule has 0 spiro atoms. The number of carbonyl (C=O) groups is 1. The zero-order valence-electron chi connectivity index (χ0n) is 26.2. The van der Waals surface area contributed by atoms with Crippen molar-refractivity contribution in [1.29, 1.82) is 0 Å². The highest BCUT2D eigenvalue weighted by molar-refractivity contribution is 5.81. The molecule has 1 aliphatic rings. The molecule has 4 aromatic carbocycles. The third-order valence-corrected chi connectivity index (χ3v) is 7.80. The fourth-order valence-electron chi connectivity index (χ4n) is 5.44. The van der Waals surface area contributed by atoms with Crippen molar-refractivity contribution < 1.29 is 33.2 Å². The van der Waals surface area contributed by atoms with Gasteiger partial charge in [0.15, 0.2) is 0 Å². The number of benzene rings is 4. The lowest BCUT2D eigenvalue weighted by Crippen LogP contribution is -2.61. The highest BCUT2D eigenvalue weighted by Crippen LogP contribution is 2.32. The zero-order valence-corrected chi connectivity index (χ0v) is 26.2. The van der Waals surface area contributed by atoms with E-state index >= 15 is 0 Å². The van der Waals surface area contributed by atoms with E-state index in [2.05, 4.69) is 0 Å². The van der Waals surface area contributed by atoms with Gasteiger partial charge in [0.25, 0.3) is 0 Å². The van der Waals surface area contributed by atoms with Gasteiger partial charge in [0, 0.05) is 6.08 Å². The molecule has 5 atom stereocenters. The topological polar surface area (TPSA) is 72.5 Å². The molecule has 0 bridgehead atoms. The van der Waals surface area contributed by atoms with Crippen molar-refractivity contribution in [2.75, 3.05) is 13.7 Å². The summed E-state index contributed by atoms with van der Waals surface area (Å²) < 4.78 is 37.9. The summed E-state index contributed by atoms with van der Waals surface area (Å²) in [5, 5.41) is 0. The van der Waals surface area contributed by atoms with Crippen LogP contribution in [0.25, 0.3) is 0 Å². The number of methoxy groups -OCH3 is 1. The van der Waals surface area contributed by atoms with Crippen LogP contribution in [0.4, 0.5) is 0 Å². The third kappa shape index (κ3) is 10.2. The molecule has 0 radical (unpaired) electrons. The summed E-state index contributed by atoms with van der Waals surface area (Å²) in [5.74, 6) is -0.429. The maximum absolute atomic E-state index is 11.9. The van der Waals surface area contributed by atoms with Crippen LogP contribution in [-0.4, -0.2) is 50.2 Å². The fourth-order valence-corrected chi connectivity index (χ4v) is 5.44. The summed E-state index contributed by atoms with van der Waals surface area (Å²) >= 11 is 0. The minimum absolute atomic E-state index is 0.280.